The minimum Gasteiger partial charge on any atom is -0.493 e. The van der Waals surface area contributed by atoms with Gasteiger partial charge in [0.1, 0.15) is 18.9 Å². The van der Waals surface area contributed by atoms with E-state index in [-0.39, 0.29) is 0 Å². The molecule has 0 heterocycles. The van der Waals surface area contributed by atoms with E-state index in [0.29, 0.717) is 6.61 Å². The van der Waals surface area contributed by atoms with Gasteiger partial charge in [0.25, 0.3) is 0 Å². The largest absolute Gasteiger partial charge is 0.493 e. The number of ether oxygens (including phenoxy) is 3. The predicted molar refractivity (Wildman–Crippen MR) is 111 cm³/mol. The van der Waals surface area contributed by atoms with E-state index in [4.69, 9.17) is 14.2 Å². The summed E-state index contributed by atoms with van der Waals surface area (Å²) in [6.45, 7) is 2.52. The van der Waals surface area contributed by atoms with Gasteiger partial charge in [-0.1, -0.05) is 48.5 Å². The van der Waals surface area contributed by atoms with Crippen molar-refractivity contribution in [2.24, 2.45) is 0 Å². The number of nitrogens with two attached hydrogens (primary N) is 1. The lowest BCUT2D eigenvalue weighted by Gasteiger charge is -2.10. The van der Waals surface area contributed by atoms with Gasteiger partial charge in [0.2, 0.25) is 0 Å². The molecule has 3 aromatic carbocycles. The highest BCUT2D eigenvalue weighted by atomic mass is 16.5. The summed E-state index contributed by atoms with van der Waals surface area (Å²) in [4.78, 5) is 0. The Morgan fingerprint density at radius 3 is 2.29 bits per heavy atom. The zero-order valence-electron chi connectivity index (χ0n) is 16.6. The van der Waals surface area contributed by atoms with Crippen molar-refractivity contribution in [1.82, 2.24) is 0 Å². The second-order valence-electron chi connectivity index (χ2n) is 6.64. The molecule has 0 unspecified atom stereocenters. The van der Waals surface area contributed by atoms with Gasteiger partial charge in [0.15, 0.2) is 11.5 Å². The molecule has 0 aliphatic carbocycles. The van der Waals surface area contributed by atoms with Crippen molar-refractivity contribution in [1.29, 1.82) is 0 Å². The van der Waals surface area contributed by atoms with Crippen molar-refractivity contribution in [3.63, 3.8) is 0 Å². The Labute approximate surface area is 167 Å². The lowest BCUT2D eigenvalue weighted by Crippen LogP contribution is -2.83. The predicted octanol–water partition coefficient (Wildman–Crippen LogP) is 3.59. The molecule has 3 rings (SSSR count). The summed E-state index contributed by atoms with van der Waals surface area (Å²) in [7, 11) is 3.32. The van der Waals surface area contributed by atoms with Crippen molar-refractivity contribution >= 4 is 0 Å². The van der Waals surface area contributed by atoms with Gasteiger partial charge in [0, 0.05) is 12.0 Å². The minimum absolute atomic E-state index is 0.591. The van der Waals surface area contributed by atoms with Gasteiger partial charge in [-0.15, -0.1) is 0 Å². The first-order valence-corrected chi connectivity index (χ1v) is 9.56. The van der Waals surface area contributed by atoms with Crippen LogP contribution in [-0.4, -0.2) is 20.8 Å². The Kier molecular flexibility index (Phi) is 7.33. The topological polar surface area (TPSA) is 44.3 Å². The first kappa shape index (κ1) is 19.8. The third kappa shape index (κ3) is 5.76. The van der Waals surface area contributed by atoms with Gasteiger partial charge in [-0.2, -0.15) is 0 Å². The molecule has 0 saturated carbocycles. The Balaban J connectivity index is 1.46. The quantitative estimate of drug-likeness (QED) is 0.549. The van der Waals surface area contributed by atoms with E-state index in [1.54, 1.807) is 14.2 Å². The van der Waals surface area contributed by atoms with E-state index < -0.39 is 0 Å². The first-order chi connectivity index (χ1) is 13.8. The Morgan fingerprint density at radius 2 is 1.50 bits per heavy atom. The second kappa shape index (κ2) is 10.4. The van der Waals surface area contributed by atoms with Crippen molar-refractivity contribution in [3.05, 3.63) is 89.5 Å². The normalized spacial score (nSPS) is 10.5. The molecule has 4 heteroatoms. The summed E-state index contributed by atoms with van der Waals surface area (Å²) in [5.41, 5.74) is 3.68. The average molecular weight is 378 g/mol. The van der Waals surface area contributed by atoms with Gasteiger partial charge in [-0.3, -0.25) is 0 Å². The second-order valence-corrected chi connectivity index (χ2v) is 6.64. The zero-order valence-corrected chi connectivity index (χ0v) is 16.6. The number of rotatable bonds is 10. The third-order valence-corrected chi connectivity index (χ3v) is 4.61. The third-order valence-electron chi connectivity index (χ3n) is 4.61. The van der Waals surface area contributed by atoms with Crippen LogP contribution in [0.2, 0.25) is 0 Å². The van der Waals surface area contributed by atoms with Crippen LogP contribution in [0.5, 0.6) is 17.2 Å². The van der Waals surface area contributed by atoms with E-state index in [1.807, 2.05) is 36.4 Å². The first-order valence-electron chi connectivity index (χ1n) is 9.56. The summed E-state index contributed by atoms with van der Waals surface area (Å²) < 4.78 is 16.6. The molecule has 0 spiro atoms. The van der Waals surface area contributed by atoms with Gasteiger partial charge in [-0.05, 0) is 35.4 Å². The van der Waals surface area contributed by atoms with Crippen LogP contribution >= 0.6 is 0 Å². The fraction of sp³-hybridized carbons (Fsp3) is 0.250. The van der Waals surface area contributed by atoms with Crippen molar-refractivity contribution in [2.75, 3.05) is 20.8 Å². The number of quaternary nitrogens is 1. The van der Waals surface area contributed by atoms with Crippen molar-refractivity contribution in [3.8, 4) is 17.2 Å². The van der Waals surface area contributed by atoms with Crippen LogP contribution in [0.3, 0.4) is 0 Å². The standard InChI is InChI=1S/C24H27NO3/c1-26-23-12-11-19(16-24(23)27-2)13-14-25-17-21-9-6-10-22(15-21)28-18-20-7-4-3-5-8-20/h3-12,15-16,25H,13-14,17-18H2,1-2H3/p+1. The molecule has 0 atom stereocenters. The van der Waals surface area contributed by atoms with E-state index in [1.165, 1.54) is 16.7 Å². The van der Waals surface area contributed by atoms with Crippen LogP contribution in [0, 0.1) is 0 Å². The van der Waals surface area contributed by atoms with Crippen LogP contribution in [0.1, 0.15) is 16.7 Å². The van der Waals surface area contributed by atoms with Gasteiger partial charge >= 0.3 is 0 Å². The number of benzene rings is 3. The van der Waals surface area contributed by atoms with Crippen LogP contribution < -0.4 is 19.5 Å². The van der Waals surface area contributed by atoms with Gasteiger partial charge in [0.05, 0.1) is 20.8 Å². The highest BCUT2D eigenvalue weighted by Crippen LogP contribution is 2.27. The fourth-order valence-corrected chi connectivity index (χ4v) is 3.08. The number of hydrogen-bond donors (Lipinski definition) is 1. The maximum atomic E-state index is 5.92. The van der Waals surface area contributed by atoms with Crippen molar-refractivity contribution < 1.29 is 19.5 Å². The molecule has 0 bridgehead atoms. The number of hydrogen-bond acceptors (Lipinski definition) is 3. The smallest absolute Gasteiger partial charge is 0.160 e. The molecule has 4 nitrogen and oxygen atoms in total. The van der Waals surface area contributed by atoms with Crippen LogP contribution in [0.15, 0.2) is 72.8 Å². The van der Waals surface area contributed by atoms with E-state index in [2.05, 4.69) is 41.7 Å². The summed E-state index contributed by atoms with van der Waals surface area (Å²) in [5, 5.41) is 2.31. The van der Waals surface area contributed by atoms with Crippen LogP contribution in [0.25, 0.3) is 0 Å². The molecule has 0 saturated heterocycles. The van der Waals surface area contributed by atoms with Gasteiger partial charge < -0.3 is 19.5 Å². The Morgan fingerprint density at radius 1 is 0.714 bits per heavy atom. The molecule has 0 radical (unpaired) electrons. The molecule has 0 aromatic heterocycles. The van der Waals surface area contributed by atoms with E-state index >= 15 is 0 Å². The Hall–Kier alpha value is -2.98. The fourth-order valence-electron chi connectivity index (χ4n) is 3.08. The zero-order chi connectivity index (χ0) is 19.6. The number of methoxy groups -OCH3 is 2. The van der Waals surface area contributed by atoms with E-state index in [9.17, 15) is 0 Å². The summed E-state index contributed by atoms with van der Waals surface area (Å²) >= 11 is 0. The average Bonchev–Trinajstić information content (AvgIpc) is 2.76. The Bertz CT molecular complexity index is 865. The van der Waals surface area contributed by atoms with Crippen molar-refractivity contribution in [2.45, 2.75) is 19.6 Å². The van der Waals surface area contributed by atoms with Gasteiger partial charge in [-0.25, -0.2) is 0 Å². The maximum absolute atomic E-state index is 5.92. The molecule has 2 N–H and O–H groups in total. The lowest BCUT2D eigenvalue weighted by atomic mass is 10.1. The highest BCUT2D eigenvalue weighted by Gasteiger charge is 2.05. The molecule has 146 valence electrons. The lowest BCUT2D eigenvalue weighted by molar-refractivity contribution is -0.670. The summed E-state index contributed by atoms with van der Waals surface area (Å²) in [6, 6.07) is 24.6. The summed E-state index contributed by atoms with van der Waals surface area (Å²) in [5.74, 6) is 2.46. The molecule has 0 aliphatic rings. The van der Waals surface area contributed by atoms with E-state index in [0.717, 1.165) is 36.8 Å². The molecule has 0 amide bonds. The molecular formula is C24H28NO3+. The molecular weight excluding hydrogens is 350 g/mol. The molecule has 3 aromatic rings. The highest BCUT2D eigenvalue weighted by molar-refractivity contribution is 5.42. The van der Waals surface area contributed by atoms with Crippen LogP contribution in [0.4, 0.5) is 0 Å². The molecule has 0 aliphatic heterocycles. The maximum Gasteiger partial charge on any atom is 0.160 e. The SMILES string of the molecule is COc1ccc(CC[NH2+]Cc2cccc(OCc3ccccc3)c2)cc1OC. The molecule has 0 fully saturated rings. The minimum atomic E-state index is 0.591. The monoisotopic (exact) mass is 378 g/mol. The summed E-state index contributed by atoms with van der Waals surface area (Å²) in [6.07, 6.45) is 0.977. The molecule has 28 heavy (non-hydrogen) atoms. The van der Waals surface area contributed by atoms with Crippen LogP contribution in [-0.2, 0) is 19.6 Å².